The Hall–Kier alpha value is -2.04. The van der Waals surface area contributed by atoms with Gasteiger partial charge in [-0.2, -0.15) is 0 Å². The number of ether oxygens (including phenoxy) is 2. The molecule has 0 N–H and O–H groups in total. The van der Waals surface area contributed by atoms with Gasteiger partial charge < -0.3 is 9.47 Å². The molecule has 2 unspecified atom stereocenters. The van der Waals surface area contributed by atoms with Crippen LogP contribution in [0.1, 0.15) is 39.8 Å². The molecule has 0 saturated carbocycles. The van der Waals surface area contributed by atoms with Crippen LogP contribution in [0.2, 0.25) is 0 Å². The molecule has 0 fully saturated rings. The fourth-order valence-corrected chi connectivity index (χ4v) is 6.96. The Kier molecular flexibility index (Phi) is 4.93. The lowest BCUT2D eigenvalue weighted by molar-refractivity contribution is 0.288. The number of thioether (sulfide) groups is 2. The van der Waals surface area contributed by atoms with Crippen molar-refractivity contribution in [1.82, 2.24) is 0 Å². The van der Waals surface area contributed by atoms with E-state index >= 15 is 0 Å². The lowest BCUT2D eigenvalue weighted by Crippen LogP contribution is -2.16. The van der Waals surface area contributed by atoms with Gasteiger partial charge in [0, 0.05) is 10.6 Å². The Morgan fingerprint density at radius 3 is 2.70 bits per heavy atom. The Morgan fingerprint density at radius 2 is 1.70 bits per heavy atom. The van der Waals surface area contributed by atoms with Crippen molar-refractivity contribution in [3.8, 4) is 11.5 Å². The second-order valence-electron chi connectivity index (χ2n) is 8.26. The van der Waals surface area contributed by atoms with E-state index in [1.807, 2.05) is 29.6 Å². The highest BCUT2D eigenvalue weighted by Crippen LogP contribution is 2.46. The van der Waals surface area contributed by atoms with Gasteiger partial charge in [-0.3, -0.25) is 0 Å². The molecule has 4 heteroatoms. The second-order valence-corrected chi connectivity index (χ2v) is 10.6. The molecule has 3 aromatic carbocycles. The monoisotopic (exact) mass is 432 g/mol. The first-order chi connectivity index (χ1) is 14.8. The molecule has 0 aromatic heterocycles. The molecular formula is C26H24O2S2. The maximum Gasteiger partial charge on any atom is 0.132 e. The molecule has 3 heterocycles. The molecule has 3 aliphatic rings. The van der Waals surface area contributed by atoms with Gasteiger partial charge in [-0.25, -0.2) is 0 Å². The molecule has 2 nitrogen and oxygen atoms in total. The molecule has 0 radical (unpaired) electrons. The quantitative estimate of drug-likeness (QED) is 0.450. The van der Waals surface area contributed by atoms with Gasteiger partial charge in [0.2, 0.25) is 0 Å². The van der Waals surface area contributed by atoms with Crippen LogP contribution in [0.4, 0.5) is 0 Å². The Labute approximate surface area is 186 Å². The fraction of sp³-hybridized carbons (Fsp3) is 0.308. The van der Waals surface area contributed by atoms with E-state index in [9.17, 15) is 0 Å². The molecule has 6 rings (SSSR count). The van der Waals surface area contributed by atoms with E-state index in [0.717, 1.165) is 49.7 Å². The summed E-state index contributed by atoms with van der Waals surface area (Å²) in [5.74, 6) is 3.83. The molecule has 0 amide bonds. The molecule has 0 aliphatic carbocycles. The summed E-state index contributed by atoms with van der Waals surface area (Å²) < 4.78 is 11.9. The number of aryl methyl sites for hydroxylation is 1. The van der Waals surface area contributed by atoms with Gasteiger partial charge in [-0.05, 0) is 71.7 Å². The zero-order chi connectivity index (χ0) is 19.9. The lowest BCUT2D eigenvalue weighted by atomic mass is 9.90. The fourth-order valence-electron chi connectivity index (χ4n) is 4.65. The van der Waals surface area contributed by atoms with Gasteiger partial charge in [-0.15, -0.1) is 23.5 Å². The third kappa shape index (κ3) is 3.50. The first-order valence-electron chi connectivity index (χ1n) is 10.7. The van der Waals surface area contributed by atoms with E-state index in [1.54, 1.807) is 0 Å². The van der Waals surface area contributed by atoms with Crippen LogP contribution in [0, 0.1) is 0 Å². The summed E-state index contributed by atoms with van der Waals surface area (Å²) in [6, 6.07) is 22.3. The van der Waals surface area contributed by atoms with Gasteiger partial charge in [0.05, 0.1) is 16.8 Å². The van der Waals surface area contributed by atoms with Gasteiger partial charge in [-0.1, -0.05) is 36.4 Å². The van der Waals surface area contributed by atoms with Gasteiger partial charge in [0.1, 0.15) is 18.1 Å². The minimum Gasteiger partial charge on any atom is -0.493 e. The average molecular weight is 433 g/mol. The van der Waals surface area contributed by atoms with Crippen LogP contribution >= 0.6 is 23.5 Å². The number of hydrogen-bond donors (Lipinski definition) is 0. The smallest absolute Gasteiger partial charge is 0.132 e. The summed E-state index contributed by atoms with van der Waals surface area (Å²) in [4.78, 5) is 2.69. The molecule has 30 heavy (non-hydrogen) atoms. The highest BCUT2D eigenvalue weighted by Gasteiger charge is 2.26. The number of fused-ring (bicyclic) bond motifs is 3. The summed E-state index contributed by atoms with van der Waals surface area (Å²) in [6.45, 7) is 1.59. The molecule has 0 saturated heterocycles. The zero-order valence-electron chi connectivity index (χ0n) is 16.8. The molecule has 2 atom stereocenters. The minimum absolute atomic E-state index is 0.358. The first kappa shape index (κ1) is 18.7. The summed E-state index contributed by atoms with van der Waals surface area (Å²) in [5, 5.41) is 0.358. The number of para-hydroxylation sites is 1. The number of benzene rings is 3. The highest BCUT2D eigenvalue weighted by molar-refractivity contribution is 7.99. The summed E-state index contributed by atoms with van der Waals surface area (Å²) in [7, 11) is 0. The highest BCUT2D eigenvalue weighted by atomic mass is 32.2. The maximum absolute atomic E-state index is 6.04. The minimum atomic E-state index is 0.358. The summed E-state index contributed by atoms with van der Waals surface area (Å²) in [6.07, 6.45) is 3.39. The van der Waals surface area contributed by atoms with Crippen LogP contribution in [-0.2, 0) is 12.8 Å². The Balaban J connectivity index is 1.24. The third-order valence-corrected chi connectivity index (χ3v) is 8.84. The molecule has 152 valence electrons. The lowest BCUT2D eigenvalue weighted by Gasteiger charge is -2.29. The van der Waals surface area contributed by atoms with Crippen molar-refractivity contribution in [2.24, 2.45) is 0 Å². The first-order valence-corrected chi connectivity index (χ1v) is 12.6. The summed E-state index contributed by atoms with van der Waals surface area (Å²) in [5.41, 5.74) is 5.72. The van der Waals surface area contributed by atoms with Gasteiger partial charge in [0.25, 0.3) is 0 Å². The number of hydrogen-bond acceptors (Lipinski definition) is 4. The number of rotatable bonds is 2. The normalized spacial score (nSPS) is 22.1. The molecular weight excluding hydrogens is 408 g/mol. The van der Waals surface area contributed by atoms with Gasteiger partial charge in [0.15, 0.2) is 0 Å². The van der Waals surface area contributed by atoms with Crippen LogP contribution in [0.5, 0.6) is 11.5 Å². The van der Waals surface area contributed by atoms with Crippen LogP contribution in [0.15, 0.2) is 70.5 Å². The Morgan fingerprint density at radius 1 is 0.800 bits per heavy atom. The molecule has 0 bridgehead atoms. The second kappa shape index (κ2) is 7.90. The largest absolute Gasteiger partial charge is 0.493 e. The van der Waals surface area contributed by atoms with Crippen molar-refractivity contribution in [2.75, 3.05) is 19.0 Å². The van der Waals surface area contributed by atoms with Crippen molar-refractivity contribution >= 4 is 23.5 Å². The predicted octanol–water partition coefficient (Wildman–Crippen LogP) is 6.67. The molecule has 3 aliphatic heterocycles. The summed E-state index contributed by atoms with van der Waals surface area (Å²) >= 11 is 3.93. The average Bonchev–Trinajstić information content (AvgIpc) is 2.82. The van der Waals surface area contributed by atoms with Crippen molar-refractivity contribution in [2.45, 2.75) is 40.2 Å². The zero-order valence-corrected chi connectivity index (χ0v) is 18.4. The maximum atomic E-state index is 6.04. The van der Waals surface area contributed by atoms with Crippen molar-refractivity contribution in [3.05, 3.63) is 82.9 Å². The molecule has 3 aromatic rings. The van der Waals surface area contributed by atoms with Crippen molar-refractivity contribution in [3.63, 3.8) is 0 Å². The van der Waals surface area contributed by atoms with Crippen LogP contribution in [-0.4, -0.2) is 19.0 Å². The van der Waals surface area contributed by atoms with Crippen molar-refractivity contribution < 1.29 is 9.47 Å². The van der Waals surface area contributed by atoms with Crippen LogP contribution in [0.25, 0.3) is 0 Å². The third-order valence-electron chi connectivity index (χ3n) is 6.28. The van der Waals surface area contributed by atoms with E-state index in [0.29, 0.717) is 11.2 Å². The van der Waals surface area contributed by atoms with Crippen LogP contribution < -0.4 is 9.47 Å². The Bertz CT molecular complexity index is 1090. The van der Waals surface area contributed by atoms with E-state index in [1.165, 1.54) is 32.0 Å². The topological polar surface area (TPSA) is 18.5 Å². The standard InChI is InChI=1S/C26H24O2S2/c1-2-6-25-23(5-1)28-15-26(30-25)19-8-10-24-20(13-19)14-21(16-29-24)17-7-9-22-18(12-17)4-3-11-27-22/h1-2,5-10,12-13,21,26H,3-4,11,14-16H2. The van der Waals surface area contributed by atoms with E-state index in [4.69, 9.17) is 9.47 Å². The molecule has 0 spiro atoms. The van der Waals surface area contributed by atoms with E-state index in [-0.39, 0.29) is 0 Å². The van der Waals surface area contributed by atoms with Gasteiger partial charge >= 0.3 is 0 Å². The SMILES string of the molecule is c1ccc2c(c1)OCC(c1ccc3c(c1)CC(c1ccc4c(c1)CCCO4)CS3)S2. The van der Waals surface area contributed by atoms with E-state index in [2.05, 4.69) is 54.6 Å². The van der Waals surface area contributed by atoms with Crippen molar-refractivity contribution in [1.29, 1.82) is 0 Å². The van der Waals surface area contributed by atoms with Crippen LogP contribution in [0.3, 0.4) is 0 Å². The predicted molar refractivity (Wildman–Crippen MR) is 124 cm³/mol. The van der Waals surface area contributed by atoms with E-state index < -0.39 is 0 Å².